The molecule has 0 aliphatic carbocycles. The summed E-state index contributed by atoms with van der Waals surface area (Å²) < 4.78 is 27.0. The van der Waals surface area contributed by atoms with E-state index in [9.17, 15) is 8.42 Å². The second-order valence-corrected chi connectivity index (χ2v) is 9.13. The van der Waals surface area contributed by atoms with Crippen LogP contribution in [0.25, 0.3) is 6.08 Å². The minimum absolute atomic E-state index is 0.287. The second-order valence-electron chi connectivity index (χ2n) is 7.48. The van der Waals surface area contributed by atoms with E-state index in [0.717, 1.165) is 49.4 Å². The molecule has 150 valence electrons. The topological polar surface area (TPSA) is 52.7 Å². The summed E-state index contributed by atoms with van der Waals surface area (Å²) in [5.41, 5.74) is 4.23. The van der Waals surface area contributed by atoms with E-state index >= 15 is 0 Å². The lowest BCUT2D eigenvalue weighted by Gasteiger charge is -2.32. The lowest BCUT2D eigenvalue weighted by atomic mass is 10.1. The Bertz CT molecular complexity index is 882. The molecule has 0 aromatic heterocycles. The van der Waals surface area contributed by atoms with Crippen molar-refractivity contribution >= 4 is 16.1 Å². The first-order chi connectivity index (χ1) is 13.4. The van der Waals surface area contributed by atoms with Crippen LogP contribution in [-0.4, -0.2) is 51.4 Å². The second kappa shape index (κ2) is 9.47. The number of sulfonamides is 1. The molecule has 0 radical (unpaired) electrons. The van der Waals surface area contributed by atoms with E-state index < -0.39 is 10.0 Å². The number of aryl methyl sites for hydroxylation is 1. The van der Waals surface area contributed by atoms with Gasteiger partial charge in [-0.05, 0) is 36.7 Å². The Balaban J connectivity index is 1.50. The normalized spacial score (nSPS) is 16.6. The van der Waals surface area contributed by atoms with Crippen LogP contribution >= 0.6 is 0 Å². The Morgan fingerprint density at radius 2 is 1.54 bits per heavy atom. The van der Waals surface area contributed by atoms with Crippen molar-refractivity contribution in [3.05, 3.63) is 76.2 Å². The van der Waals surface area contributed by atoms with Crippen molar-refractivity contribution in [1.82, 2.24) is 14.5 Å². The number of nitrogens with zero attached hydrogens (tertiary/aromatic N) is 2. The zero-order valence-corrected chi connectivity index (χ0v) is 17.5. The monoisotopic (exact) mass is 399 g/mol. The van der Waals surface area contributed by atoms with Gasteiger partial charge in [0.2, 0.25) is 10.0 Å². The van der Waals surface area contributed by atoms with Crippen LogP contribution in [0, 0.1) is 6.92 Å². The third-order valence-corrected chi connectivity index (χ3v) is 6.06. The standard InChI is InChI=1S/C22H29N3O2S/c1-19-3-5-20(6-4-19)11-16-28(26,27)23-17-21-7-9-22(10-8-21)18-25-14-12-24(2)13-15-25/h3-11,16,23H,12-15,17-18H2,1-2H3. The highest BCUT2D eigenvalue weighted by Gasteiger charge is 2.13. The maximum Gasteiger partial charge on any atom is 0.234 e. The highest BCUT2D eigenvalue weighted by Crippen LogP contribution is 2.11. The van der Waals surface area contributed by atoms with Gasteiger partial charge in [0.05, 0.1) is 0 Å². The fourth-order valence-electron chi connectivity index (χ4n) is 3.10. The number of likely N-dealkylation sites (N-methyl/N-ethyl adjacent to an activating group) is 1. The number of piperazine rings is 1. The summed E-state index contributed by atoms with van der Waals surface area (Å²) in [6.07, 6.45) is 1.61. The van der Waals surface area contributed by atoms with Crippen molar-refractivity contribution in [2.24, 2.45) is 0 Å². The average molecular weight is 400 g/mol. The van der Waals surface area contributed by atoms with E-state index in [1.807, 2.05) is 43.3 Å². The first kappa shape index (κ1) is 20.7. The average Bonchev–Trinajstić information content (AvgIpc) is 2.69. The third-order valence-electron chi connectivity index (χ3n) is 5.02. The Labute approximate surface area is 168 Å². The molecule has 0 unspecified atom stereocenters. The van der Waals surface area contributed by atoms with Crippen molar-refractivity contribution in [3.8, 4) is 0 Å². The van der Waals surface area contributed by atoms with Gasteiger partial charge in [-0.25, -0.2) is 13.1 Å². The molecule has 0 atom stereocenters. The molecule has 1 aliphatic heterocycles. The summed E-state index contributed by atoms with van der Waals surface area (Å²) in [5, 5.41) is 1.22. The van der Waals surface area contributed by atoms with Crippen LogP contribution in [0.3, 0.4) is 0 Å². The number of hydrogen-bond acceptors (Lipinski definition) is 4. The summed E-state index contributed by atoms with van der Waals surface area (Å²) in [4.78, 5) is 4.80. The van der Waals surface area contributed by atoms with Gasteiger partial charge in [0.25, 0.3) is 0 Å². The van der Waals surface area contributed by atoms with Crippen molar-refractivity contribution in [3.63, 3.8) is 0 Å². The van der Waals surface area contributed by atoms with E-state index in [2.05, 4.69) is 33.7 Å². The first-order valence-electron chi connectivity index (χ1n) is 9.63. The molecule has 1 saturated heterocycles. The summed E-state index contributed by atoms with van der Waals surface area (Å²) >= 11 is 0. The predicted molar refractivity (Wildman–Crippen MR) is 115 cm³/mol. The molecule has 0 spiro atoms. The Morgan fingerprint density at radius 1 is 0.929 bits per heavy atom. The van der Waals surface area contributed by atoms with Crippen LogP contribution < -0.4 is 4.72 Å². The Morgan fingerprint density at radius 3 is 2.18 bits per heavy atom. The SMILES string of the molecule is Cc1ccc(C=CS(=O)(=O)NCc2ccc(CN3CCN(C)CC3)cc2)cc1. The minimum atomic E-state index is -3.47. The lowest BCUT2D eigenvalue weighted by Crippen LogP contribution is -2.43. The molecule has 1 aliphatic rings. The summed E-state index contributed by atoms with van der Waals surface area (Å²) in [6.45, 7) is 7.62. The van der Waals surface area contributed by atoms with Gasteiger partial charge in [0.1, 0.15) is 0 Å². The van der Waals surface area contributed by atoms with Crippen LogP contribution in [0.1, 0.15) is 22.3 Å². The van der Waals surface area contributed by atoms with E-state index in [0.29, 0.717) is 0 Å². The van der Waals surface area contributed by atoms with Gasteiger partial charge in [0.15, 0.2) is 0 Å². The van der Waals surface area contributed by atoms with Gasteiger partial charge in [0, 0.05) is 44.7 Å². The number of hydrogen-bond donors (Lipinski definition) is 1. The number of nitrogens with one attached hydrogen (secondary N) is 1. The fourth-order valence-corrected chi connectivity index (χ4v) is 3.90. The van der Waals surface area contributed by atoms with Crippen LogP contribution in [0.4, 0.5) is 0 Å². The molecule has 1 N–H and O–H groups in total. The minimum Gasteiger partial charge on any atom is -0.304 e. The fraction of sp³-hybridized carbons (Fsp3) is 0.364. The Hall–Kier alpha value is -1.99. The number of rotatable bonds is 7. The van der Waals surface area contributed by atoms with Gasteiger partial charge in [-0.3, -0.25) is 4.90 Å². The molecule has 5 nitrogen and oxygen atoms in total. The Kier molecular flexibility index (Phi) is 7.02. The van der Waals surface area contributed by atoms with Crippen LogP contribution in [0.15, 0.2) is 53.9 Å². The quantitative estimate of drug-likeness (QED) is 0.778. The van der Waals surface area contributed by atoms with E-state index in [-0.39, 0.29) is 6.54 Å². The first-order valence-corrected chi connectivity index (χ1v) is 11.2. The zero-order valence-electron chi connectivity index (χ0n) is 16.6. The lowest BCUT2D eigenvalue weighted by molar-refractivity contribution is 0.148. The predicted octanol–water partition coefficient (Wildman–Crippen LogP) is 2.83. The molecule has 0 amide bonds. The van der Waals surface area contributed by atoms with Crippen molar-refractivity contribution < 1.29 is 8.42 Å². The van der Waals surface area contributed by atoms with Gasteiger partial charge in [-0.1, -0.05) is 54.1 Å². The van der Waals surface area contributed by atoms with Gasteiger partial charge in [-0.2, -0.15) is 0 Å². The molecule has 6 heteroatoms. The van der Waals surface area contributed by atoms with E-state index in [4.69, 9.17) is 0 Å². The molecule has 1 heterocycles. The molecule has 28 heavy (non-hydrogen) atoms. The smallest absolute Gasteiger partial charge is 0.234 e. The zero-order chi connectivity index (χ0) is 20.0. The number of benzene rings is 2. The van der Waals surface area contributed by atoms with E-state index in [1.54, 1.807) is 6.08 Å². The van der Waals surface area contributed by atoms with Crippen molar-refractivity contribution in [1.29, 1.82) is 0 Å². The molecule has 2 aromatic carbocycles. The van der Waals surface area contributed by atoms with Crippen LogP contribution in [0.2, 0.25) is 0 Å². The summed E-state index contributed by atoms with van der Waals surface area (Å²) in [6, 6.07) is 15.9. The van der Waals surface area contributed by atoms with Crippen LogP contribution in [0.5, 0.6) is 0 Å². The maximum absolute atomic E-state index is 12.2. The van der Waals surface area contributed by atoms with Crippen LogP contribution in [-0.2, 0) is 23.1 Å². The van der Waals surface area contributed by atoms with Crippen molar-refractivity contribution in [2.45, 2.75) is 20.0 Å². The van der Waals surface area contributed by atoms with E-state index in [1.165, 1.54) is 11.0 Å². The highest BCUT2D eigenvalue weighted by molar-refractivity contribution is 7.92. The highest BCUT2D eigenvalue weighted by atomic mass is 32.2. The van der Waals surface area contributed by atoms with Gasteiger partial charge in [-0.15, -0.1) is 0 Å². The largest absolute Gasteiger partial charge is 0.304 e. The van der Waals surface area contributed by atoms with Gasteiger partial charge < -0.3 is 4.90 Å². The van der Waals surface area contributed by atoms with Crippen molar-refractivity contribution in [2.75, 3.05) is 33.2 Å². The molecule has 3 rings (SSSR count). The molecule has 2 aromatic rings. The molecule has 0 bridgehead atoms. The summed E-state index contributed by atoms with van der Waals surface area (Å²) in [7, 11) is -1.31. The summed E-state index contributed by atoms with van der Waals surface area (Å²) in [5.74, 6) is 0. The van der Waals surface area contributed by atoms with Gasteiger partial charge >= 0.3 is 0 Å². The molecule has 1 fully saturated rings. The third kappa shape index (κ3) is 6.56. The molecular weight excluding hydrogens is 370 g/mol. The molecular formula is C22H29N3O2S. The molecule has 0 saturated carbocycles. The maximum atomic E-state index is 12.2.